The van der Waals surface area contributed by atoms with Crippen LogP contribution < -0.4 is 4.74 Å². The second kappa shape index (κ2) is 9.89. The molecule has 1 saturated heterocycles. The van der Waals surface area contributed by atoms with Crippen LogP contribution in [0.5, 0.6) is 5.75 Å². The van der Waals surface area contributed by atoms with Crippen LogP contribution in [0, 0.1) is 5.41 Å². The number of benzene rings is 1. The lowest BCUT2D eigenvalue weighted by molar-refractivity contribution is 0.0720. The van der Waals surface area contributed by atoms with Gasteiger partial charge in [0.05, 0.1) is 31.3 Å². The first kappa shape index (κ1) is 22.2. The first-order valence-electron chi connectivity index (χ1n) is 9.77. The molecule has 6 heteroatoms. The minimum atomic E-state index is -3.12. The minimum Gasteiger partial charge on any atom is -0.488 e. The predicted molar refractivity (Wildman–Crippen MR) is 108 cm³/mol. The number of rotatable bonds is 10. The molecule has 1 unspecified atom stereocenters. The molecule has 1 heterocycles. The van der Waals surface area contributed by atoms with Crippen molar-refractivity contribution in [3.05, 3.63) is 29.8 Å². The molecule has 0 aliphatic carbocycles. The number of ether oxygens (including phenoxy) is 3. The summed E-state index contributed by atoms with van der Waals surface area (Å²) in [4.78, 5) is 0. The van der Waals surface area contributed by atoms with Gasteiger partial charge in [-0.15, -0.1) is 0 Å². The normalized spacial score (nSPS) is 19.2. The Bertz CT molecular complexity index is 672. The molecule has 2 atom stereocenters. The van der Waals surface area contributed by atoms with Crippen molar-refractivity contribution in [3.63, 3.8) is 0 Å². The van der Waals surface area contributed by atoms with E-state index in [-0.39, 0.29) is 28.9 Å². The third kappa shape index (κ3) is 8.62. The first-order valence-corrected chi connectivity index (χ1v) is 11.6. The molecule has 27 heavy (non-hydrogen) atoms. The molecule has 0 bridgehead atoms. The van der Waals surface area contributed by atoms with Crippen LogP contribution >= 0.6 is 0 Å². The maximum absolute atomic E-state index is 12.4. The fraction of sp³-hybridized carbons (Fsp3) is 0.714. The molecule has 0 N–H and O–H groups in total. The topological polar surface area (TPSA) is 61.8 Å². The van der Waals surface area contributed by atoms with Crippen molar-refractivity contribution in [3.8, 4) is 5.75 Å². The van der Waals surface area contributed by atoms with Crippen LogP contribution in [0.2, 0.25) is 0 Å². The van der Waals surface area contributed by atoms with Gasteiger partial charge in [0.25, 0.3) is 0 Å². The van der Waals surface area contributed by atoms with Crippen LogP contribution in [0.1, 0.15) is 52.0 Å². The standard InChI is InChI=1S/C21H34O5S/c1-17(15-27(22,23)12-6-10-25-16-21(2,3)4)18-7-5-8-19(13-18)26-20-9-11-24-14-20/h5,7-8,13,17,20H,6,9-12,14-16H2,1-4H3/t17-,20?/m0/s1. The molecule has 2 rings (SSSR count). The Kier molecular flexibility index (Phi) is 8.13. The van der Waals surface area contributed by atoms with Crippen molar-refractivity contribution in [1.82, 2.24) is 0 Å². The Hall–Kier alpha value is -1.11. The lowest BCUT2D eigenvalue weighted by atomic mass is 9.99. The molecule has 1 fully saturated rings. The highest BCUT2D eigenvalue weighted by atomic mass is 32.2. The summed E-state index contributed by atoms with van der Waals surface area (Å²) in [5, 5.41) is 0. The third-order valence-corrected chi connectivity index (χ3v) is 6.32. The molecule has 5 nitrogen and oxygen atoms in total. The molecule has 1 aromatic carbocycles. The highest BCUT2D eigenvalue weighted by Gasteiger charge is 2.20. The van der Waals surface area contributed by atoms with E-state index in [4.69, 9.17) is 14.2 Å². The van der Waals surface area contributed by atoms with Crippen LogP contribution in [0.25, 0.3) is 0 Å². The van der Waals surface area contributed by atoms with E-state index in [0.29, 0.717) is 26.2 Å². The molecular formula is C21H34O5S. The SMILES string of the molecule is C[C@@H](CS(=O)(=O)CCCOCC(C)(C)C)c1cccc(OC2CCOC2)c1. The summed E-state index contributed by atoms with van der Waals surface area (Å²) in [6, 6.07) is 7.75. The van der Waals surface area contributed by atoms with E-state index in [1.165, 1.54) is 0 Å². The highest BCUT2D eigenvalue weighted by molar-refractivity contribution is 7.91. The van der Waals surface area contributed by atoms with Gasteiger partial charge in [-0.1, -0.05) is 39.8 Å². The molecule has 0 radical (unpaired) electrons. The van der Waals surface area contributed by atoms with Crippen molar-refractivity contribution in [2.75, 3.05) is 37.9 Å². The molecule has 0 amide bonds. The number of hydrogen-bond donors (Lipinski definition) is 0. The van der Waals surface area contributed by atoms with Crippen molar-refractivity contribution in [2.24, 2.45) is 5.41 Å². The van der Waals surface area contributed by atoms with Crippen molar-refractivity contribution < 1.29 is 22.6 Å². The molecule has 1 aliphatic heterocycles. The van der Waals surface area contributed by atoms with Crippen molar-refractivity contribution >= 4 is 9.84 Å². The molecule has 0 spiro atoms. The van der Waals surface area contributed by atoms with Gasteiger partial charge >= 0.3 is 0 Å². The quantitative estimate of drug-likeness (QED) is 0.561. The second-order valence-corrected chi connectivity index (χ2v) is 10.9. The lowest BCUT2D eigenvalue weighted by Gasteiger charge is -2.18. The van der Waals surface area contributed by atoms with E-state index in [9.17, 15) is 8.42 Å². The molecule has 154 valence electrons. The Balaban J connectivity index is 1.81. The van der Waals surface area contributed by atoms with E-state index < -0.39 is 9.84 Å². The Labute approximate surface area is 164 Å². The first-order chi connectivity index (χ1) is 12.6. The second-order valence-electron chi connectivity index (χ2n) is 8.66. The van der Waals surface area contributed by atoms with Crippen LogP contribution in [-0.4, -0.2) is 52.5 Å². The van der Waals surface area contributed by atoms with E-state index in [2.05, 4.69) is 20.8 Å². The zero-order valence-corrected chi connectivity index (χ0v) is 17.9. The lowest BCUT2D eigenvalue weighted by Crippen LogP contribution is -2.19. The van der Waals surface area contributed by atoms with Gasteiger partial charge in [0, 0.05) is 13.0 Å². The van der Waals surface area contributed by atoms with Gasteiger partial charge in [-0.3, -0.25) is 0 Å². The van der Waals surface area contributed by atoms with Gasteiger partial charge in [-0.25, -0.2) is 8.42 Å². The van der Waals surface area contributed by atoms with E-state index in [1.54, 1.807) is 0 Å². The van der Waals surface area contributed by atoms with Gasteiger partial charge in [0.2, 0.25) is 0 Å². The fourth-order valence-electron chi connectivity index (χ4n) is 3.01. The zero-order valence-electron chi connectivity index (χ0n) is 17.1. The summed E-state index contributed by atoms with van der Waals surface area (Å²) in [6.45, 7) is 10.7. The minimum absolute atomic E-state index is 0.0751. The summed E-state index contributed by atoms with van der Waals surface area (Å²) in [5.41, 5.74) is 1.09. The largest absolute Gasteiger partial charge is 0.488 e. The molecule has 0 aromatic heterocycles. The summed E-state index contributed by atoms with van der Waals surface area (Å²) < 4.78 is 41.7. The number of hydrogen-bond acceptors (Lipinski definition) is 5. The van der Waals surface area contributed by atoms with E-state index >= 15 is 0 Å². The molecule has 1 aromatic rings. The zero-order chi connectivity index (χ0) is 19.9. The molecular weight excluding hydrogens is 364 g/mol. The van der Waals surface area contributed by atoms with Gasteiger partial charge in [0.1, 0.15) is 11.9 Å². The maximum Gasteiger partial charge on any atom is 0.150 e. The fourth-order valence-corrected chi connectivity index (χ4v) is 4.69. The van der Waals surface area contributed by atoms with Gasteiger partial charge in [-0.2, -0.15) is 0 Å². The summed E-state index contributed by atoms with van der Waals surface area (Å²) in [6.07, 6.45) is 1.52. The Morgan fingerprint density at radius 2 is 2.07 bits per heavy atom. The summed E-state index contributed by atoms with van der Waals surface area (Å²) in [7, 11) is -3.12. The number of sulfone groups is 1. The van der Waals surface area contributed by atoms with Crippen LogP contribution in [0.3, 0.4) is 0 Å². The van der Waals surface area contributed by atoms with Gasteiger partial charge < -0.3 is 14.2 Å². The monoisotopic (exact) mass is 398 g/mol. The average Bonchev–Trinajstić information content (AvgIpc) is 3.06. The van der Waals surface area contributed by atoms with Crippen LogP contribution in [0.4, 0.5) is 0 Å². The van der Waals surface area contributed by atoms with Gasteiger partial charge in [-0.05, 0) is 35.4 Å². The van der Waals surface area contributed by atoms with E-state index in [0.717, 1.165) is 24.3 Å². The summed E-state index contributed by atoms with van der Waals surface area (Å²) in [5.74, 6) is 1.01. The highest BCUT2D eigenvalue weighted by Crippen LogP contribution is 2.24. The van der Waals surface area contributed by atoms with E-state index in [1.807, 2.05) is 31.2 Å². The smallest absolute Gasteiger partial charge is 0.150 e. The average molecular weight is 399 g/mol. The van der Waals surface area contributed by atoms with Crippen LogP contribution in [0.15, 0.2) is 24.3 Å². The Morgan fingerprint density at radius 1 is 1.30 bits per heavy atom. The maximum atomic E-state index is 12.4. The molecule has 1 aliphatic rings. The van der Waals surface area contributed by atoms with Crippen LogP contribution in [-0.2, 0) is 19.3 Å². The van der Waals surface area contributed by atoms with Gasteiger partial charge in [0.15, 0.2) is 9.84 Å². The van der Waals surface area contributed by atoms with Crippen molar-refractivity contribution in [1.29, 1.82) is 0 Å². The predicted octanol–water partition coefficient (Wildman–Crippen LogP) is 3.83. The molecule has 0 saturated carbocycles. The summed E-state index contributed by atoms with van der Waals surface area (Å²) >= 11 is 0. The third-order valence-electron chi connectivity index (χ3n) is 4.40. The Morgan fingerprint density at radius 3 is 2.74 bits per heavy atom. The van der Waals surface area contributed by atoms with Crippen molar-refractivity contribution in [2.45, 2.75) is 52.6 Å².